The Bertz CT molecular complexity index is 752. The zero-order valence-corrected chi connectivity index (χ0v) is 13.1. The number of anilines is 1. The fourth-order valence-electron chi connectivity index (χ4n) is 2.16. The molecule has 0 aliphatic heterocycles. The lowest BCUT2D eigenvalue weighted by atomic mass is 10.1. The van der Waals surface area contributed by atoms with Gasteiger partial charge >= 0.3 is 0 Å². The molecule has 0 radical (unpaired) electrons. The maximum absolute atomic E-state index is 12.4. The zero-order chi connectivity index (χ0) is 15.6. The van der Waals surface area contributed by atoms with Crippen LogP contribution in [0.1, 0.15) is 17.0 Å². The van der Waals surface area contributed by atoms with Crippen LogP contribution in [-0.4, -0.2) is 29.7 Å². The minimum absolute atomic E-state index is 0.250. The van der Waals surface area contributed by atoms with E-state index in [1.807, 2.05) is 7.05 Å². The van der Waals surface area contributed by atoms with Crippen LogP contribution in [0.2, 0.25) is 0 Å². The van der Waals surface area contributed by atoms with Crippen LogP contribution in [0, 0.1) is 13.8 Å². The number of nitrogens with one attached hydrogen (secondary N) is 1. The summed E-state index contributed by atoms with van der Waals surface area (Å²) in [5, 5.41) is 7.67. The molecule has 1 aromatic carbocycles. The van der Waals surface area contributed by atoms with Crippen molar-refractivity contribution in [3.63, 3.8) is 0 Å². The van der Waals surface area contributed by atoms with Crippen LogP contribution in [0.3, 0.4) is 0 Å². The van der Waals surface area contributed by atoms with E-state index in [4.69, 9.17) is 5.73 Å². The van der Waals surface area contributed by atoms with E-state index >= 15 is 0 Å². The van der Waals surface area contributed by atoms with Crippen molar-refractivity contribution in [2.75, 3.05) is 12.3 Å². The molecule has 2 aromatic rings. The lowest BCUT2D eigenvalue weighted by Gasteiger charge is -2.13. The lowest BCUT2D eigenvalue weighted by molar-refractivity contribution is 0.578. The van der Waals surface area contributed by atoms with Crippen LogP contribution in [-0.2, 0) is 23.5 Å². The molecule has 0 fully saturated rings. The van der Waals surface area contributed by atoms with Crippen LogP contribution in [0.25, 0.3) is 0 Å². The maximum Gasteiger partial charge on any atom is 0.241 e. The standard InChI is InChI=1S/C13H19N5O2S/c1-9-4-5-11(14)10(2)13(9)21(19,20)16-7-6-12-17-15-8-18(12)3/h4-5,8,16H,6-7,14H2,1-3H3. The van der Waals surface area contributed by atoms with Crippen molar-refractivity contribution in [3.05, 3.63) is 35.4 Å². The van der Waals surface area contributed by atoms with Gasteiger partial charge in [-0.25, -0.2) is 13.1 Å². The number of hydrogen-bond acceptors (Lipinski definition) is 5. The summed E-state index contributed by atoms with van der Waals surface area (Å²) in [6.45, 7) is 3.71. The van der Waals surface area contributed by atoms with Crippen LogP contribution in [0.4, 0.5) is 5.69 Å². The van der Waals surface area contributed by atoms with E-state index in [1.165, 1.54) is 0 Å². The van der Waals surface area contributed by atoms with Crippen LogP contribution < -0.4 is 10.5 Å². The van der Waals surface area contributed by atoms with E-state index in [1.54, 1.807) is 36.9 Å². The van der Waals surface area contributed by atoms with Crippen molar-refractivity contribution in [1.82, 2.24) is 19.5 Å². The fourth-order valence-corrected chi connectivity index (χ4v) is 3.69. The number of nitrogens with zero attached hydrogens (tertiary/aromatic N) is 3. The van der Waals surface area contributed by atoms with Crippen molar-refractivity contribution in [2.45, 2.75) is 25.2 Å². The predicted octanol–water partition coefficient (Wildman–Crippen LogP) is 0.535. The molecule has 21 heavy (non-hydrogen) atoms. The molecular formula is C13H19N5O2S. The summed E-state index contributed by atoms with van der Waals surface area (Å²) in [5.41, 5.74) is 7.51. The number of aromatic nitrogens is 3. The molecule has 0 aliphatic carbocycles. The summed E-state index contributed by atoms with van der Waals surface area (Å²) in [7, 11) is -1.78. The van der Waals surface area contributed by atoms with Crippen molar-refractivity contribution >= 4 is 15.7 Å². The van der Waals surface area contributed by atoms with E-state index in [-0.39, 0.29) is 11.4 Å². The lowest BCUT2D eigenvalue weighted by Crippen LogP contribution is -2.28. The van der Waals surface area contributed by atoms with Gasteiger partial charge in [-0.2, -0.15) is 0 Å². The van der Waals surface area contributed by atoms with Crippen molar-refractivity contribution in [3.8, 4) is 0 Å². The normalized spacial score (nSPS) is 11.8. The monoisotopic (exact) mass is 309 g/mol. The van der Waals surface area contributed by atoms with E-state index in [9.17, 15) is 8.42 Å². The smallest absolute Gasteiger partial charge is 0.241 e. The van der Waals surface area contributed by atoms with Crippen molar-refractivity contribution in [1.29, 1.82) is 0 Å². The second-order valence-corrected chi connectivity index (χ2v) is 6.64. The number of benzene rings is 1. The molecule has 0 aliphatic rings. The number of hydrogen-bond donors (Lipinski definition) is 2. The summed E-state index contributed by atoms with van der Waals surface area (Å²) in [6, 6.07) is 3.42. The first-order chi connectivity index (χ1) is 9.83. The van der Waals surface area contributed by atoms with Gasteiger partial charge in [0.15, 0.2) is 0 Å². The summed E-state index contributed by atoms with van der Waals surface area (Å²) < 4.78 is 29.2. The van der Waals surface area contributed by atoms with E-state index in [0.29, 0.717) is 23.2 Å². The Morgan fingerprint density at radius 3 is 2.67 bits per heavy atom. The number of rotatable bonds is 5. The largest absolute Gasteiger partial charge is 0.398 e. The highest BCUT2D eigenvalue weighted by atomic mass is 32.2. The first-order valence-corrected chi connectivity index (χ1v) is 7.99. The number of nitrogens with two attached hydrogens (primary N) is 1. The second kappa shape index (κ2) is 5.82. The molecule has 0 saturated carbocycles. The van der Waals surface area contributed by atoms with Gasteiger partial charge in [0.2, 0.25) is 10.0 Å². The summed E-state index contributed by atoms with van der Waals surface area (Å²) in [6.07, 6.45) is 2.05. The molecule has 0 amide bonds. The van der Waals surface area contributed by atoms with Gasteiger partial charge in [-0.15, -0.1) is 10.2 Å². The Morgan fingerprint density at radius 1 is 1.33 bits per heavy atom. The first kappa shape index (κ1) is 15.5. The molecule has 8 heteroatoms. The quantitative estimate of drug-likeness (QED) is 0.784. The van der Waals surface area contributed by atoms with Gasteiger partial charge in [-0.1, -0.05) is 6.07 Å². The molecule has 7 nitrogen and oxygen atoms in total. The predicted molar refractivity (Wildman–Crippen MR) is 80.2 cm³/mol. The Kier molecular flexibility index (Phi) is 4.29. The molecule has 1 aromatic heterocycles. The van der Waals surface area contributed by atoms with Crippen LogP contribution in [0.15, 0.2) is 23.4 Å². The van der Waals surface area contributed by atoms with Crippen LogP contribution >= 0.6 is 0 Å². The van der Waals surface area contributed by atoms with Gasteiger partial charge in [-0.3, -0.25) is 0 Å². The highest BCUT2D eigenvalue weighted by Crippen LogP contribution is 2.24. The Morgan fingerprint density at radius 2 is 2.05 bits per heavy atom. The molecule has 0 bridgehead atoms. The fraction of sp³-hybridized carbons (Fsp3) is 0.385. The molecule has 2 rings (SSSR count). The molecule has 114 valence electrons. The number of aryl methyl sites for hydroxylation is 2. The maximum atomic E-state index is 12.4. The van der Waals surface area contributed by atoms with Crippen molar-refractivity contribution in [2.24, 2.45) is 7.05 Å². The third-order valence-electron chi connectivity index (χ3n) is 3.36. The van der Waals surface area contributed by atoms with E-state index in [2.05, 4.69) is 14.9 Å². The molecular weight excluding hydrogens is 290 g/mol. The average Bonchev–Trinajstić information content (AvgIpc) is 2.80. The van der Waals surface area contributed by atoms with Gasteiger partial charge in [0.05, 0.1) is 4.90 Å². The Balaban J connectivity index is 2.16. The molecule has 0 unspecified atom stereocenters. The molecule has 0 spiro atoms. The molecule has 1 heterocycles. The van der Waals surface area contributed by atoms with Gasteiger partial charge < -0.3 is 10.3 Å². The minimum atomic E-state index is -3.60. The first-order valence-electron chi connectivity index (χ1n) is 6.51. The Hall–Kier alpha value is -1.93. The SMILES string of the molecule is Cc1ccc(N)c(C)c1S(=O)(=O)NCCc1nncn1C. The Labute approximate surface area is 124 Å². The zero-order valence-electron chi connectivity index (χ0n) is 12.3. The highest BCUT2D eigenvalue weighted by molar-refractivity contribution is 7.89. The summed E-state index contributed by atoms with van der Waals surface area (Å²) in [5.74, 6) is 0.721. The topological polar surface area (TPSA) is 103 Å². The van der Waals surface area contributed by atoms with E-state index < -0.39 is 10.0 Å². The number of nitrogen functional groups attached to an aromatic ring is 1. The average molecular weight is 309 g/mol. The number of sulfonamides is 1. The summed E-state index contributed by atoms with van der Waals surface area (Å²) in [4.78, 5) is 0.250. The second-order valence-electron chi connectivity index (χ2n) is 4.93. The molecule has 0 saturated heterocycles. The van der Waals surface area contributed by atoms with Crippen LogP contribution in [0.5, 0.6) is 0 Å². The minimum Gasteiger partial charge on any atom is -0.398 e. The van der Waals surface area contributed by atoms with E-state index in [0.717, 1.165) is 5.82 Å². The third kappa shape index (κ3) is 3.22. The van der Waals surface area contributed by atoms with Gasteiger partial charge in [0, 0.05) is 25.7 Å². The highest BCUT2D eigenvalue weighted by Gasteiger charge is 2.20. The van der Waals surface area contributed by atoms with Gasteiger partial charge in [0.25, 0.3) is 0 Å². The van der Waals surface area contributed by atoms with Crippen molar-refractivity contribution < 1.29 is 8.42 Å². The van der Waals surface area contributed by atoms with Gasteiger partial charge in [-0.05, 0) is 31.0 Å². The molecule has 0 atom stereocenters. The third-order valence-corrected chi connectivity index (χ3v) is 5.11. The summed E-state index contributed by atoms with van der Waals surface area (Å²) >= 11 is 0. The van der Waals surface area contributed by atoms with Gasteiger partial charge in [0.1, 0.15) is 12.2 Å². The molecule has 3 N–H and O–H groups in total.